The first-order chi connectivity index (χ1) is 6.52. The molecule has 0 spiro atoms. The smallest absolute Gasteiger partial charge is 0.0909 e. The maximum absolute atomic E-state index is 5.94. The number of ether oxygens (including phenoxy) is 1. The third-order valence-corrected chi connectivity index (χ3v) is 2.98. The van der Waals surface area contributed by atoms with Crippen LogP contribution in [0.15, 0.2) is 30.3 Å². The fraction of sp³-hybridized carbons (Fsp3) is 0.538. The van der Waals surface area contributed by atoms with Crippen LogP contribution in [0.4, 0.5) is 0 Å². The monoisotopic (exact) mass is 190 g/mol. The SMILES string of the molecule is CC1(C)CO[C@](C)(c2ccccc2)C1. The minimum Gasteiger partial charge on any atom is -0.370 e. The normalized spacial score (nSPS) is 30.5. The van der Waals surface area contributed by atoms with Crippen molar-refractivity contribution < 1.29 is 4.74 Å². The number of hydrogen-bond acceptors (Lipinski definition) is 1. The molecule has 1 saturated heterocycles. The zero-order chi connectivity index (χ0) is 10.2. The van der Waals surface area contributed by atoms with Gasteiger partial charge < -0.3 is 4.74 Å². The minimum absolute atomic E-state index is 0.0786. The molecule has 1 aliphatic rings. The molecule has 1 nitrogen and oxygen atoms in total. The van der Waals surface area contributed by atoms with Gasteiger partial charge in [0.25, 0.3) is 0 Å². The molecule has 0 radical (unpaired) electrons. The molecule has 1 heteroatoms. The van der Waals surface area contributed by atoms with Crippen molar-refractivity contribution in [2.24, 2.45) is 5.41 Å². The van der Waals surface area contributed by atoms with Gasteiger partial charge in [0.05, 0.1) is 12.2 Å². The topological polar surface area (TPSA) is 9.23 Å². The average Bonchev–Trinajstić information content (AvgIpc) is 2.44. The predicted molar refractivity (Wildman–Crippen MR) is 58.1 cm³/mol. The van der Waals surface area contributed by atoms with Crippen LogP contribution in [0.2, 0.25) is 0 Å². The summed E-state index contributed by atoms with van der Waals surface area (Å²) in [5.41, 5.74) is 1.53. The molecule has 1 aromatic rings. The van der Waals surface area contributed by atoms with Gasteiger partial charge in [-0.3, -0.25) is 0 Å². The molecule has 1 heterocycles. The molecule has 1 fully saturated rings. The van der Waals surface area contributed by atoms with E-state index >= 15 is 0 Å². The van der Waals surface area contributed by atoms with Crippen LogP contribution in [-0.4, -0.2) is 6.61 Å². The summed E-state index contributed by atoms with van der Waals surface area (Å²) in [7, 11) is 0. The second kappa shape index (κ2) is 3.09. The Morgan fingerprint density at radius 2 is 1.71 bits per heavy atom. The summed E-state index contributed by atoms with van der Waals surface area (Å²) in [4.78, 5) is 0. The highest BCUT2D eigenvalue weighted by atomic mass is 16.5. The lowest BCUT2D eigenvalue weighted by Gasteiger charge is -2.25. The Bertz CT molecular complexity index is 315. The van der Waals surface area contributed by atoms with Gasteiger partial charge in [0.15, 0.2) is 0 Å². The van der Waals surface area contributed by atoms with Crippen molar-refractivity contribution >= 4 is 0 Å². The number of hydrogen-bond donors (Lipinski definition) is 0. The van der Waals surface area contributed by atoms with E-state index in [1.807, 2.05) is 6.07 Å². The largest absolute Gasteiger partial charge is 0.370 e. The van der Waals surface area contributed by atoms with Gasteiger partial charge in [-0.05, 0) is 24.3 Å². The van der Waals surface area contributed by atoms with E-state index < -0.39 is 0 Å². The first-order valence-corrected chi connectivity index (χ1v) is 5.21. The Kier molecular flexibility index (Phi) is 2.15. The highest BCUT2D eigenvalue weighted by molar-refractivity contribution is 5.23. The summed E-state index contributed by atoms with van der Waals surface area (Å²) in [5.74, 6) is 0. The van der Waals surface area contributed by atoms with E-state index in [9.17, 15) is 0 Å². The van der Waals surface area contributed by atoms with E-state index in [-0.39, 0.29) is 5.60 Å². The van der Waals surface area contributed by atoms with Crippen molar-refractivity contribution in [3.05, 3.63) is 35.9 Å². The quantitative estimate of drug-likeness (QED) is 0.660. The molecule has 1 aliphatic heterocycles. The molecule has 0 saturated carbocycles. The molecule has 1 atom stereocenters. The van der Waals surface area contributed by atoms with Crippen molar-refractivity contribution in [3.8, 4) is 0 Å². The van der Waals surface area contributed by atoms with E-state index in [0.29, 0.717) is 5.41 Å². The van der Waals surface area contributed by atoms with Gasteiger partial charge in [-0.25, -0.2) is 0 Å². The Morgan fingerprint density at radius 1 is 1.07 bits per heavy atom. The summed E-state index contributed by atoms with van der Waals surface area (Å²) in [6, 6.07) is 10.5. The van der Waals surface area contributed by atoms with E-state index in [1.165, 1.54) is 5.56 Å². The number of rotatable bonds is 1. The Morgan fingerprint density at radius 3 is 2.21 bits per heavy atom. The molecular formula is C13H18O. The van der Waals surface area contributed by atoms with E-state index in [4.69, 9.17) is 4.74 Å². The second-order valence-electron chi connectivity index (χ2n) is 5.23. The van der Waals surface area contributed by atoms with Crippen LogP contribution in [0.3, 0.4) is 0 Å². The zero-order valence-corrected chi connectivity index (χ0v) is 9.21. The van der Waals surface area contributed by atoms with Crippen LogP contribution < -0.4 is 0 Å². The van der Waals surface area contributed by atoms with Gasteiger partial charge in [0.2, 0.25) is 0 Å². The van der Waals surface area contributed by atoms with Crippen LogP contribution in [0.1, 0.15) is 32.8 Å². The Hall–Kier alpha value is -0.820. The minimum atomic E-state index is -0.0786. The molecule has 0 aromatic heterocycles. The Balaban J connectivity index is 2.27. The molecule has 0 N–H and O–H groups in total. The van der Waals surface area contributed by atoms with E-state index in [2.05, 4.69) is 45.0 Å². The van der Waals surface area contributed by atoms with Crippen molar-refractivity contribution in [2.45, 2.75) is 32.8 Å². The highest BCUT2D eigenvalue weighted by Gasteiger charge is 2.41. The maximum atomic E-state index is 5.94. The summed E-state index contributed by atoms with van der Waals surface area (Å²) in [6.07, 6.45) is 1.10. The summed E-state index contributed by atoms with van der Waals surface area (Å²) in [6.45, 7) is 7.58. The molecule has 0 unspecified atom stereocenters. The molecule has 14 heavy (non-hydrogen) atoms. The van der Waals surface area contributed by atoms with Crippen molar-refractivity contribution in [2.75, 3.05) is 6.61 Å². The average molecular weight is 190 g/mol. The third-order valence-electron chi connectivity index (χ3n) is 2.98. The van der Waals surface area contributed by atoms with Crippen molar-refractivity contribution in [1.82, 2.24) is 0 Å². The van der Waals surface area contributed by atoms with Gasteiger partial charge >= 0.3 is 0 Å². The fourth-order valence-electron chi connectivity index (χ4n) is 2.35. The van der Waals surface area contributed by atoms with Gasteiger partial charge in [-0.15, -0.1) is 0 Å². The van der Waals surface area contributed by atoms with Crippen molar-refractivity contribution in [1.29, 1.82) is 0 Å². The zero-order valence-electron chi connectivity index (χ0n) is 9.21. The van der Waals surface area contributed by atoms with Crippen LogP contribution in [0.5, 0.6) is 0 Å². The van der Waals surface area contributed by atoms with Crippen LogP contribution in [0, 0.1) is 5.41 Å². The van der Waals surface area contributed by atoms with Gasteiger partial charge in [0, 0.05) is 0 Å². The van der Waals surface area contributed by atoms with Crippen LogP contribution >= 0.6 is 0 Å². The molecule has 0 amide bonds. The van der Waals surface area contributed by atoms with Gasteiger partial charge in [0.1, 0.15) is 0 Å². The Labute approximate surface area is 86.1 Å². The van der Waals surface area contributed by atoms with Crippen molar-refractivity contribution in [3.63, 3.8) is 0 Å². The van der Waals surface area contributed by atoms with Crippen LogP contribution in [0.25, 0.3) is 0 Å². The standard InChI is InChI=1S/C13H18O/c1-12(2)9-13(3,14-10-12)11-7-5-4-6-8-11/h4-8H,9-10H2,1-3H3/t13-/m0/s1. The molecular weight excluding hydrogens is 172 g/mol. The molecule has 76 valence electrons. The summed E-state index contributed by atoms with van der Waals surface area (Å²) >= 11 is 0. The third kappa shape index (κ3) is 1.69. The molecule has 0 bridgehead atoms. The number of benzene rings is 1. The summed E-state index contributed by atoms with van der Waals surface area (Å²) in [5, 5.41) is 0. The lowest BCUT2D eigenvalue weighted by Crippen LogP contribution is -2.21. The second-order valence-corrected chi connectivity index (χ2v) is 5.23. The molecule has 2 rings (SSSR count). The van der Waals surface area contributed by atoms with E-state index in [0.717, 1.165) is 13.0 Å². The van der Waals surface area contributed by atoms with Gasteiger partial charge in [-0.2, -0.15) is 0 Å². The lowest BCUT2D eigenvalue weighted by molar-refractivity contribution is 0.0138. The fourth-order valence-corrected chi connectivity index (χ4v) is 2.35. The first kappa shape index (κ1) is 9.72. The molecule has 1 aromatic carbocycles. The maximum Gasteiger partial charge on any atom is 0.0909 e. The van der Waals surface area contributed by atoms with Gasteiger partial charge in [-0.1, -0.05) is 44.2 Å². The molecule has 0 aliphatic carbocycles. The van der Waals surface area contributed by atoms with E-state index in [1.54, 1.807) is 0 Å². The van der Waals surface area contributed by atoms with Crippen LogP contribution in [-0.2, 0) is 10.3 Å². The highest BCUT2D eigenvalue weighted by Crippen LogP contribution is 2.44. The first-order valence-electron chi connectivity index (χ1n) is 5.21. The summed E-state index contributed by atoms with van der Waals surface area (Å²) < 4.78 is 5.94. The predicted octanol–water partition coefficient (Wildman–Crippen LogP) is 3.35. The lowest BCUT2D eigenvalue weighted by atomic mass is 9.82.